The van der Waals surface area contributed by atoms with Crippen LogP contribution >= 0.6 is 0 Å². The first kappa shape index (κ1) is 17.0. The molecule has 0 saturated carbocycles. The summed E-state index contributed by atoms with van der Waals surface area (Å²) in [6.07, 6.45) is 0. The maximum Gasteiger partial charge on any atom is 0.337 e. The molecular weight excluding hydrogens is 272 g/mol. The normalized spacial score (nSPS) is 14.9. The molecule has 0 radical (unpaired) electrons. The molecule has 0 aromatic heterocycles. The Morgan fingerprint density at radius 1 is 1.24 bits per heavy atom. The van der Waals surface area contributed by atoms with Crippen LogP contribution in [0.15, 0.2) is 30.3 Å². The highest BCUT2D eigenvalue weighted by Crippen LogP contribution is 2.26. The van der Waals surface area contributed by atoms with E-state index < -0.39 is 23.6 Å². The first-order chi connectivity index (χ1) is 9.84. The fourth-order valence-electron chi connectivity index (χ4n) is 2.04. The van der Waals surface area contributed by atoms with E-state index >= 15 is 0 Å². The van der Waals surface area contributed by atoms with Gasteiger partial charge in [0.25, 0.3) is 0 Å². The van der Waals surface area contributed by atoms with Crippen molar-refractivity contribution in [2.24, 2.45) is 0 Å². The number of aliphatic carboxylic acids is 1. The van der Waals surface area contributed by atoms with E-state index in [1.165, 1.54) is 11.8 Å². The SMILES string of the molecule is CCN(CC)C(=O)NC(c1ccccc1)C(C)(O)C(=O)O. The number of hydrogen-bond acceptors (Lipinski definition) is 3. The zero-order valence-electron chi connectivity index (χ0n) is 12.5. The van der Waals surface area contributed by atoms with Crippen molar-refractivity contribution in [3.05, 3.63) is 35.9 Å². The molecule has 0 fully saturated rings. The van der Waals surface area contributed by atoms with Crippen LogP contribution in [0.3, 0.4) is 0 Å². The van der Waals surface area contributed by atoms with Gasteiger partial charge >= 0.3 is 12.0 Å². The van der Waals surface area contributed by atoms with Crippen LogP contribution in [0.4, 0.5) is 4.79 Å². The van der Waals surface area contributed by atoms with Gasteiger partial charge in [0, 0.05) is 13.1 Å². The first-order valence-electron chi connectivity index (χ1n) is 6.90. The molecule has 0 aliphatic heterocycles. The Bertz CT molecular complexity index is 484. The van der Waals surface area contributed by atoms with E-state index in [9.17, 15) is 19.8 Å². The monoisotopic (exact) mass is 294 g/mol. The summed E-state index contributed by atoms with van der Waals surface area (Å²) in [6, 6.07) is 7.13. The van der Waals surface area contributed by atoms with Crippen LogP contribution in [0.2, 0.25) is 0 Å². The van der Waals surface area contributed by atoms with Crippen molar-refractivity contribution in [3.63, 3.8) is 0 Å². The van der Waals surface area contributed by atoms with Gasteiger partial charge in [-0.05, 0) is 26.3 Å². The summed E-state index contributed by atoms with van der Waals surface area (Å²) in [5.41, 5.74) is -1.57. The number of aliphatic hydroxyl groups is 1. The standard InChI is InChI=1S/C15H22N2O4/c1-4-17(5-2)14(20)16-12(15(3,21)13(18)19)11-9-7-6-8-10-11/h6-10,12,21H,4-5H2,1-3H3,(H,16,20)(H,18,19). The van der Waals surface area contributed by atoms with E-state index in [0.717, 1.165) is 0 Å². The van der Waals surface area contributed by atoms with Crippen molar-refractivity contribution in [1.29, 1.82) is 0 Å². The average Bonchev–Trinajstić information content (AvgIpc) is 2.46. The van der Waals surface area contributed by atoms with Crippen molar-refractivity contribution in [3.8, 4) is 0 Å². The van der Waals surface area contributed by atoms with Gasteiger partial charge in [0.2, 0.25) is 0 Å². The Balaban J connectivity index is 3.10. The number of carboxylic acid groups (broad SMARTS) is 1. The van der Waals surface area contributed by atoms with Crippen LogP contribution in [0.25, 0.3) is 0 Å². The molecule has 1 aromatic carbocycles. The van der Waals surface area contributed by atoms with Gasteiger partial charge in [-0.2, -0.15) is 0 Å². The summed E-state index contributed by atoms with van der Waals surface area (Å²) < 4.78 is 0. The van der Waals surface area contributed by atoms with Gasteiger partial charge in [-0.15, -0.1) is 0 Å². The molecule has 6 nitrogen and oxygen atoms in total. The molecule has 3 N–H and O–H groups in total. The Morgan fingerprint density at radius 3 is 2.19 bits per heavy atom. The molecule has 2 unspecified atom stereocenters. The van der Waals surface area contributed by atoms with Crippen molar-refractivity contribution in [1.82, 2.24) is 10.2 Å². The zero-order chi connectivity index (χ0) is 16.0. The van der Waals surface area contributed by atoms with Crippen molar-refractivity contribution >= 4 is 12.0 Å². The summed E-state index contributed by atoms with van der Waals surface area (Å²) >= 11 is 0. The summed E-state index contributed by atoms with van der Waals surface area (Å²) in [7, 11) is 0. The number of hydrogen-bond donors (Lipinski definition) is 3. The fraction of sp³-hybridized carbons (Fsp3) is 0.467. The smallest absolute Gasteiger partial charge is 0.337 e. The molecule has 0 spiro atoms. The third-order valence-corrected chi connectivity index (χ3v) is 3.45. The minimum absolute atomic E-state index is 0.407. The molecule has 0 heterocycles. The molecule has 2 amide bonds. The number of benzene rings is 1. The third-order valence-electron chi connectivity index (χ3n) is 3.45. The van der Waals surface area contributed by atoms with Gasteiger partial charge in [0.05, 0.1) is 6.04 Å². The first-order valence-corrected chi connectivity index (χ1v) is 6.90. The van der Waals surface area contributed by atoms with E-state index in [-0.39, 0.29) is 0 Å². The lowest BCUT2D eigenvalue weighted by Crippen LogP contribution is -2.52. The van der Waals surface area contributed by atoms with E-state index in [4.69, 9.17) is 0 Å². The second-order valence-corrected chi connectivity index (χ2v) is 4.92. The molecular formula is C15H22N2O4. The molecule has 6 heteroatoms. The molecule has 21 heavy (non-hydrogen) atoms. The van der Waals surface area contributed by atoms with E-state index in [2.05, 4.69) is 5.32 Å². The van der Waals surface area contributed by atoms with Gasteiger partial charge < -0.3 is 20.4 Å². The van der Waals surface area contributed by atoms with Crippen LogP contribution in [-0.4, -0.2) is 45.8 Å². The molecule has 0 saturated heterocycles. The van der Waals surface area contributed by atoms with Crippen LogP contribution in [-0.2, 0) is 4.79 Å². The van der Waals surface area contributed by atoms with Gasteiger partial charge in [-0.25, -0.2) is 9.59 Å². The summed E-state index contributed by atoms with van der Waals surface area (Å²) in [5.74, 6) is -1.39. The molecule has 1 rings (SSSR count). The topological polar surface area (TPSA) is 89.9 Å². The quantitative estimate of drug-likeness (QED) is 0.743. The van der Waals surface area contributed by atoms with Crippen molar-refractivity contribution in [2.75, 3.05) is 13.1 Å². The van der Waals surface area contributed by atoms with E-state index in [1.807, 2.05) is 13.8 Å². The highest BCUT2D eigenvalue weighted by molar-refractivity contribution is 5.81. The number of urea groups is 1. The Hall–Kier alpha value is -2.08. The number of carbonyl (C=O) groups excluding carboxylic acids is 1. The van der Waals surface area contributed by atoms with Gasteiger partial charge in [-0.1, -0.05) is 30.3 Å². The fourth-order valence-corrected chi connectivity index (χ4v) is 2.04. The van der Waals surface area contributed by atoms with Gasteiger partial charge in [0.15, 0.2) is 5.60 Å². The maximum absolute atomic E-state index is 12.2. The Morgan fingerprint density at radius 2 is 1.76 bits per heavy atom. The largest absolute Gasteiger partial charge is 0.479 e. The minimum atomic E-state index is -2.11. The van der Waals surface area contributed by atoms with E-state index in [1.54, 1.807) is 30.3 Å². The molecule has 116 valence electrons. The number of amides is 2. The summed E-state index contributed by atoms with van der Waals surface area (Å²) in [6.45, 7) is 5.83. The zero-order valence-corrected chi connectivity index (χ0v) is 12.5. The Labute approximate surface area is 124 Å². The summed E-state index contributed by atoms with van der Waals surface area (Å²) in [4.78, 5) is 25.0. The number of carbonyl (C=O) groups is 2. The van der Waals surface area contributed by atoms with Crippen LogP contribution in [0, 0.1) is 0 Å². The minimum Gasteiger partial charge on any atom is -0.479 e. The average molecular weight is 294 g/mol. The number of rotatable bonds is 6. The third kappa shape index (κ3) is 3.95. The van der Waals surface area contributed by atoms with Crippen LogP contribution < -0.4 is 5.32 Å². The lowest BCUT2D eigenvalue weighted by atomic mass is 9.90. The van der Waals surface area contributed by atoms with Crippen LogP contribution in [0.5, 0.6) is 0 Å². The summed E-state index contributed by atoms with van der Waals surface area (Å²) in [5, 5.41) is 22.1. The second-order valence-electron chi connectivity index (χ2n) is 4.92. The molecule has 2 atom stereocenters. The number of nitrogens with zero attached hydrogens (tertiary/aromatic N) is 1. The molecule has 0 bridgehead atoms. The Kier molecular flexibility index (Phi) is 5.72. The van der Waals surface area contributed by atoms with Crippen molar-refractivity contribution in [2.45, 2.75) is 32.4 Å². The van der Waals surface area contributed by atoms with Gasteiger partial charge in [-0.3, -0.25) is 0 Å². The highest BCUT2D eigenvalue weighted by atomic mass is 16.4. The van der Waals surface area contributed by atoms with Crippen molar-refractivity contribution < 1.29 is 19.8 Å². The predicted octanol–water partition coefficient (Wildman–Crippen LogP) is 1.61. The lowest BCUT2D eigenvalue weighted by molar-refractivity contribution is -0.159. The highest BCUT2D eigenvalue weighted by Gasteiger charge is 2.41. The second kappa shape index (κ2) is 7.08. The number of carboxylic acids is 1. The van der Waals surface area contributed by atoms with Gasteiger partial charge in [0.1, 0.15) is 0 Å². The van der Waals surface area contributed by atoms with Crippen LogP contribution in [0.1, 0.15) is 32.4 Å². The lowest BCUT2D eigenvalue weighted by Gasteiger charge is -2.32. The molecule has 1 aromatic rings. The predicted molar refractivity (Wildman–Crippen MR) is 78.9 cm³/mol. The van der Waals surface area contributed by atoms with E-state index in [0.29, 0.717) is 18.7 Å². The number of nitrogens with one attached hydrogen (secondary N) is 1. The maximum atomic E-state index is 12.2. The molecule has 0 aliphatic rings. The molecule has 0 aliphatic carbocycles.